The summed E-state index contributed by atoms with van der Waals surface area (Å²) in [6, 6.07) is 3.63. The van der Waals surface area contributed by atoms with Crippen LogP contribution in [0.4, 0.5) is 0 Å². The molecule has 27 heavy (non-hydrogen) atoms. The number of aryl methyl sites for hydroxylation is 1. The van der Waals surface area contributed by atoms with Gasteiger partial charge in [-0.05, 0) is 38.0 Å². The molecule has 0 N–H and O–H groups in total. The topological polar surface area (TPSA) is 88.3 Å². The Balaban J connectivity index is 0.00000261. The average Bonchev–Trinajstić information content (AvgIpc) is 3.04. The maximum absolute atomic E-state index is 12.7. The Labute approximate surface area is 183 Å². The number of fused-ring (bicyclic) bond motifs is 1. The fourth-order valence-electron chi connectivity index (χ4n) is 2.52. The standard InChI is InChI=1S/C18H21N4O3S.Na/c1-5-8-25-17-11(2)9-13-16(21-17)22-18(20-13)26(23)10-14-12(3)15(24-4)6-7-19-14;/h6-7,9H,5,8,10H2,1-4H3;/q-1;+1. The number of imidazole rings is 1. The third-order valence-corrected chi connectivity index (χ3v) is 5.06. The maximum Gasteiger partial charge on any atom is 1.00 e. The van der Waals surface area contributed by atoms with Gasteiger partial charge in [-0.2, -0.15) is 0 Å². The first-order valence-electron chi connectivity index (χ1n) is 8.35. The Kier molecular flexibility index (Phi) is 7.79. The van der Waals surface area contributed by atoms with Crippen LogP contribution < -0.4 is 44.0 Å². The number of hydrogen-bond acceptors (Lipinski definition) is 6. The zero-order chi connectivity index (χ0) is 18.7. The van der Waals surface area contributed by atoms with E-state index < -0.39 is 10.8 Å². The molecule has 138 valence electrons. The molecule has 0 aliphatic heterocycles. The second-order valence-corrected chi connectivity index (χ2v) is 7.23. The van der Waals surface area contributed by atoms with Gasteiger partial charge in [0.1, 0.15) is 11.6 Å². The zero-order valence-corrected chi connectivity index (χ0v) is 19.1. The second-order valence-electron chi connectivity index (χ2n) is 5.88. The summed E-state index contributed by atoms with van der Waals surface area (Å²) >= 11 is 0. The maximum atomic E-state index is 12.7. The molecule has 0 spiro atoms. The van der Waals surface area contributed by atoms with Gasteiger partial charge in [0, 0.05) is 22.9 Å². The van der Waals surface area contributed by atoms with Gasteiger partial charge in [0.2, 0.25) is 0 Å². The molecule has 7 nitrogen and oxygen atoms in total. The summed E-state index contributed by atoms with van der Waals surface area (Å²) in [5.41, 5.74) is 3.51. The molecule has 0 aliphatic carbocycles. The molecule has 0 fully saturated rings. The summed E-state index contributed by atoms with van der Waals surface area (Å²) in [7, 11) is 0.172. The van der Waals surface area contributed by atoms with E-state index in [1.165, 1.54) is 0 Å². The van der Waals surface area contributed by atoms with E-state index in [-0.39, 0.29) is 40.5 Å². The van der Waals surface area contributed by atoms with Crippen LogP contribution in [0, 0.1) is 13.8 Å². The van der Waals surface area contributed by atoms with Crippen molar-refractivity contribution in [1.82, 2.24) is 19.9 Å². The van der Waals surface area contributed by atoms with E-state index >= 15 is 0 Å². The van der Waals surface area contributed by atoms with E-state index in [1.807, 2.05) is 26.8 Å². The number of nitrogens with zero attached hydrogens (tertiary/aromatic N) is 4. The minimum atomic E-state index is -1.43. The van der Waals surface area contributed by atoms with E-state index in [9.17, 15) is 4.21 Å². The molecular weight excluding hydrogens is 375 g/mol. The predicted octanol–water partition coefficient (Wildman–Crippen LogP) is -0.292. The fraction of sp³-hybridized carbons (Fsp3) is 0.389. The van der Waals surface area contributed by atoms with E-state index in [0.717, 1.165) is 23.3 Å². The molecule has 1 unspecified atom stereocenters. The van der Waals surface area contributed by atoms with Crippen LogP contribution in [0.1, 0.15) is 30.2 Å². The summed E-state index contributed by atoms with van der Waals surface area (Å²) in [5.74, 6) is 1.48. The van der Waals surface area contributed by atoms with Crippen LogP contribution in [0.3, 0.4) is 0 Å². The van der Waals surface area contributed by atoms with Crippen molar-refractivity contribution in [3.63, 3.8) is 0 Å². The van der Waals surface area contributed by atoms with Gasteiger partial charge < -0.3 is 24.4 Å². The van der Waals surface area contributed by atoms with Gasteiger partial charge in [0.25, 0.3) is 0 Å². The first kappa shape index (κ1) is 21.8. The summed E-state index contributed by atoms with van der Waals surface area (Å²) in [6.45, 7) is 6.42. The van der Waals surface area contributed by atoms with Crippen molar-refractivity contribution in [2.45, 2.75) is 38.1 Å². The van der Waals surface area contributed by atoms with E-state index in [1.54, 1.807) is 19.4 Å². The number of hydrogen-bond donors (Lipinski definition) is 0. The Bertz CT molecular complexity index is 961. The largest absolute Gasteiger partial charge is 1.00 e. The van der Waals surface area contributed by atoms with Gasteiger partial charge in [0.05, 0.1) is 41.1 Å². The van der Waals surface area contributed by atoms with Crippen molar-refractivity contribution >= 4 is 22.0 Å². The molecule has 0 aliphatic rings. The molecule has 0 saturated carbocycles. The number of ether oxygens (including phenoxy) is 2. The smallest absolute Gasteiger partial charge is 0.496 e. The zero-order valence-electron chi connectivity index (χ0n) is 16.3. The van der Waals surface area contributed by atoms with Crippen molar-refractivity contribution in [1.29, 1.82) is 0 Å². The molecule has 0 amide bonds. The molecule has 0 radical (unpaired) electrons. The van der Waals surface area contributed by atoms with Crippen molar-refractivity contribution in [2.75, 3.05) is 13.7 Å². The molecule has 3 rings (SSSR count). The monoisotopic (exact) mass is 396 g/mol. The molecule has 1 atom stereocenters. The molecule has 0 saturated heterocycles. The molecule has 9 heteroatoms. The molecule has 3 aromatic rings. The Morgan fingerprint density at radius 3 is 2.74 bits per heavy atom. The first-order chi connectivity index (χ1) is 12.5. The summed E-state index contributed by atoms with van der Waals surface area (Å²) in [5, 5.41) is 0.253. The molecule has 0 bridgehead atoms. The SMILES string of the molecule is CCCOc1nc2[n-]c(S(=O)Cc3nccc(OC)c3C)nc2cc1C.[Na+]. The second kappa shape index (κ2) is 9.64. The Morgan fingerprint density at radius 2 is 2.04 bits per heavy atom. The Hall–Kier alpha value is -1.48. The van der Waals surface area contributed by atoms with Crippen LogP contribution in [0.25, 0.3) is 11.2 Å². The molecule has 3 aromatic heterocycles. The molecular formula is C18H21N4NaO3S. The normalized spacial score (nSPS) is 11.9. The predicted molar refractivity (Wildman–Crippen MR) is 99.0 cm³/mol. The van der Waals surface area contributed by atoms with Crippen LogP contribution in [-0.4, -0.2) is 32.9 Å². The van der Waals surface area contributed by atoms with Crippen molar-refractivity contribution in [2.24, 2.45) is 0 Å². The van der Waals surface area contributed by atoms with Gasteiger partial charge >= 0.3 is 29.6 Å². The minimum absolute atomic E-state index is 0. The number of methoxy groups -OCH3 is 1. The van der Waals surface area contributed by atoms with Gasteiger partial charge in [-0.25, -0.2) is 0 Å². The van der Waals surface area contributed by atoms with Gasteiger partial charge in [0.15, 0.2) is 0 Å². The summed E-state index contributed by atoms with van der Waals surface area (Å²) in [4.78, 5) is 17.4. The van der Waals surface area contributed by atoms with Crippen LogP contribution >= 0.6 is 0 Å². The van der Waals surface area contributed by atoms with E-state index in [4.69, 9.17) is 9.47 Å². The van der Waals surface area contributed by atoms with Gasteiger partial charge in [-0.1, -0.05) is 6.92 Å². The molecule has 0 aromatic carbocycles. The van der Waals surface area contributed by atoms with Crippen LogP contribution in [0.5, 0.6) is 11.6 Å². The van der Waals surface area contributed by atoms with Crippen molar-refractivity contribution in [3.8, 4) is 11.6 Å². The summed E-state index contributed by atoms with van der Waals surface area (Å²) < 4.78 is 23.6. The van der Waals surface area contributed by atoms with Gasteiger partial charge in [-0.3, -0.25) is 9.19 Å². The van der Waals surface area contributed by atoms with Crippen molar-refractivity contribution in [3.05, 3.63) is 35.2 Å². The number of rotatable bonds is 7. The van der Waals surface area contributed by atoms with E-state index in [0.29, 0.717) is 29.3 Å². The number of pyridine rings is 2. The summed E-state index contributed by atoms with van der Waals surface area (Å²) in [6.07, 6.45) is 2.54. The Morgan fingerprint density at radius 1 is 1.26 bits per heavy atom. The quantitative estimate of drug-likeness (QED) is 0.507. The van der Waals surface area contributed by atoms with Crippen LogP contribution in [0.2, 0.25) is 0 Å². The molecule has 3 heterocycles. The average molecular weight is 396 g/mol. The third kappa shape index (κ3) is 4.87. The number of aromatic nitrogens is 4. The third-order valence-electron chi connectivity index (χ3n) is 3.94. The van der Waals surface area contributed by atoms with E-state index in [2.05, 4.69) is 19.9 Å². The van der Waals surface area contributed by atoms with Gasteiger partial charge in [-0.15, -0.1) is 0 Å². The van der Waals surface area contributed by atoms with Crippen molar-refractivity contribution < 1.29 is 43.2 Å². The minimum Gasteiger partial charge on any atom is -0.496 e. The fourth-order valence-corrected chi connectivity index (χ4v) is 3.57. The van der Waals surface area contributed by atoms with Crippen LogP contribution in [0.15, 0.2) is 23.5 Å². The first-order valence-corrected chi connectivity index (χ1v) is 9.67. The van der Waals surface area contributed by atoms with Crippen LogP contribution in [-0.2, 0) is 16.6 Å².